The Bertz CT molecular complexity index is 1050. The molecule has 0 aliphatic carbocycles. The molecule has 0 aliphatic heterocycles. The van der Waals surface area contributed by atoms with Crippen LogP contribution in [0.3, 0.4) is 0 Å². The third-order valence-corrected chi connectivity index (χ3v) is 3.63. The number of para-hydroxylation sites is 1. The minimum Gasteiger partial charge on any atom is -0.481 e. The van der Waals surface area contributed by atoms with E-state index >= 15 is 0 Å². The predicted octanol–water partition coefficient (Wildman–Crippen LogP) is -0.582. The van der Waals surface area contributed by atoms with Crippen molar-refractivity contribution in [2.75, 3.05) is 20.2 Å². The number of aromatic nitrogens is 3. The van der Waals surface area contributed by atoms with Gasteiger partial charge in [-0.1, -0.05) is 18.2 Å². The number of aliphatic hydroxyl groups is 2. The van der Waals surface area contributed by atoms with Crippen molar-refractivity contribution in [3.05, 3.63) is 36.3 Å². The highest BCUT2D eigenvalue weighted by Gasteiger charge is 2.18. The predicted molar refractivity (Wildman–Crippen MR) is 112 cm³/mol. The Morgan fingerprint density at radius 1 is 1.23 bits per heavy atom. The summed E-state index contributed by atoms with van der Waals surface area (Å²) in [6.45, 7) is 0.935. The highest BCUT2D eigenvalue weighted by molar-refractivity contribution is 6.11. The minimum atomic E-state index is -0.911. The number of imidazole rings is 1. The average Bonchev–Trinajstić information content (AvgIpc) is 3.11. The lowest BCUT2D eigenvalue weighted by Gasteiger charge is -2.11. The Morgan fingerprint density at radius 3 is 2.32 bits per heavy atom. The van der Waals surface area contributed by atoms with Crippen molar-refractivity contribution in [3.63, 3.8) is 0 Å². The number of primary amides is 1. The van der Waals surface area contributed by atoms with E-state index < -0.39 is 23.9 Å². The van der Waals surface area contributed by atoms with Gasteiger partial charge in [0.2, 0.25) is 0 Å². The van der Waals surface area contributed by atoms with E-state index in [0.717, 1.165) is 12.3 Å². The number of nitrogens with zero attached hydrogens (tertiary/aromatic N) is 3. The van der Waals surface area contributed by atoms with Gasteiger partial charge in [0.1, 0.15) is 5.52 Å². The summed E-state index contributed by atoms with van der Waals surface area (Å²) in [7, 11) is 1.59. The number of pyridine rings is 1. The third-order valence-electron chi connectivity index (χ3n) is 3.63. The van der Waals surface area contributed by atoms with Crippen LogP contribution in [-0.2, 0) is 16.1 Å². The molecule has 3 aromatic rings. The number of carboxylic acids is 2. The van der Waals surface area contributed by atoms with Crippen LogP contribution in [0.25, 0.3) is 21.9 Å². The number of carbonyl (C=O) groups excluding carboxylic acids is 1. The molecule has 0 bridgehead atoms. The number of rotatable bonds is 6. The molecule has 0 saturated carbocycles. The van der Waals surface area contributed by atoms with E-state index in [1.807, 2.05) is 18.2 Å². The number of hydrogen-bond acceptors (Lipinski definition) is 8. The first-order chi connectivity index (χ1) is 14.6. The quantitative estimate of drug-likeness (QED) is 0.291. The molecule has 0 aliphatic rings. The lowest BCUT2D eigenvalue weighted by atomic mass is 10.1. The van der Waals surface area contributed by atoms with Crippen LogP contribution in [0, 0.1) is 0 Å². The van der Waals surface area contributed by atoms with Crippen molar-refractivity contribution < 1.29 is 34.8 Å². The maximum absolute atomic E-state index is 11.6. The molecule has 0 spiro atoms. The van der Waals surface area contributed by atoms with Gasteiger partial charge in [0, 0.05) is 12.3 Å². The van der Waals surface area contributed by atoms with Crippen LogP contribution in [-0.4, -0.2) is 79.1 Å². The maximum atomic E-state index is 11.6. The molecular formula is C19H25N5O7. The number of amides is 1. The van der Waals surface area contributed by atoms with Crippen LogP contribution in [0.2, 0.25) is 0 Å². The first kappa shape index (κ1) is 25.4. The third kappa shape index (κ3) is 7.62. The second-order valence-electron chi connectivity index (χ2n) is 6.22. The highest BCUT2D eigenvalue weighted by atomic mass is 16.4. The number of nitrogens with one attached hydrogen (secondary N) is 1. The molecule has 0 fully saturated rings. The largest absolute Gasteiger partial charge is 0.481 e. The van der Waals surface area contributed by atoms with E-state index in [0.29, 0.717) is 16.6 Å². The lowest BCUT2D eigenvalue weighted by molar-refractivity contribution is -0.136. The summed E-state index contributed by atoms with van der Waals surface area (Å²) >= 11 is 0. The standard InChI is InChI=1S/C14H14N4O3.C3H7NO2.C2H4O2/c15-14(21)12-11-13(9-3-1-2-4-10(9)17-12)18(7-16-11)5-8(20)6-19;1-4-2-3(5)6;1-2(3)4/h1-4,7-8,19-20H,5-6H2,(H2,15,21);4H,2H2,1H3,(H,5,6);1H3,(H,3,4). The average molecular weight is 435 g/mol. The van der Waals surface area contributed by atoms with Crippen molar-refractivity contribution in [1.82, 2.24) is 19.9 Å². The summed E-state index contributed by atoms with van der Waals surface area (Å²) in [6, 6.07) is 7.31. The summed E-state index contributed by atoms with van der Waals surface area (Å²) in [5.41, 5.74) is 7.15. The van der Waals surface area contributed by atoms with Crippen LogP contribution in [0.15, 0.2) is 30.6 Å². The van der Waals surface area contributed by atoms with E-state index in [1.54, 1.807) is 17.7 Å². The second-order valence-corrected chi connectivity index (χ2v) is 6.22. The Kier molecular flexibility index (Phi) is 9.98. The van der Waals surface area contributed by atoms with Gasteiger partial charge >= 0.3 is 5.97 Å². The van der Waals surface area contributed by atoms with E-state index in [4.69, 9.17) is 25.8 Å². The van der Waals surface area contributed by atoms with Gasteiger partial charge in [-0.2, -0.15) is 0 Å². The molecule has 7 N–H and O–H groups in total. The van der Waals surface area contributed by atoms with Crippen LogP contribution in [0.4, 0.5) is 0 Å². The first-order valence-corrected chi connectivity index (χ1v) is 9.00. The molecule has 1 unspecified atom stereocenters. The fraction of sp³-hybridized carbons (Fsp3) is 0.316. The molecule has 12 nitrogen and oxygen atoms in total. The fourth-order valence-corrected chi connectivity index (χ4v) is 2.53. The Balaban J connectivity index is 0.000000405. The number of likely N-dealkylation sites (N-methyl/N-ethyl adjacent to an activating group) is 1. The minimum absolute atomic E-state index is 0.0417. The lowest BCUT2D eigenvalue weighted by Crippen LogP contribution is -2.19. The molecule has 1 atom stereocenters. The number of aliphatic hydroxyl groups excluding tert-OH is 2. The topological polar surface area (TPSA) is 201 Å². The summed E-state index contributed by atoms with van der Waals surface area (Å²) in [4.78, 5) is 38.5. The van der Waals surface area contributed by atoms with Gasteiger partial charge in [-0.25, -0.2) is 9.97 Å². The molecule has 0 saturated heterocycles. The SMILES string of the molecule is CC(=O)O.CNCC(=O)O.NC(=O)c1nc2ccccc2c2c1ncn2CC(O)CO. The Morgan fingerprint density at radius 2 is 1.84 bits per heavy atom. The zero-order valence-corrected chi connectivity index (χ0v) is 17.0. The Hall–Kier alpha value is -3.61. The molecule has 12 heteroatoms. The molecular weight excluding hydrogens is 410 g/mol. The zero-order valence-electron chi connectivity index (χ0n) is 17.0. The van der Waals surface area contributed by atoms with Crippen molar-refractivity contribution in [1.29, 1.82) is 0 Å². The van der Waals surface area contributed by atoms with Gasteiger partial charge in [-0.05, 0) is 13.1 Å². The van der Waals surface area contributed by atoms with Gasteiger partial charge in [0.15, 0.2) is 5.69 Å². The first-order valence-electron chi connectivity index (χ1n) is 9.00. The van der Waals surface area contributed by atoms with Crippen molar-refractivity contribution >= 4 is 39.8 Å². The normalized spacial score (nSPS) is 11.1. The molecule has 168 valence electrons. The van der Waals surface area contributed by atoms with Gasteiger partial charge in [-0.3, -0.25) is 14.4 Å². The smallest absolute Gasteiger partial charge is 0.317 e. The van der Waals surface area contributed by atoms with Crippen LogP contribution in [0.5, 0.6) is 0 Å². The van der Waals surface area contributed by atoms with E-state index in [9.17, 15) is 14.7 Å². The van der Waals surface area contributed by atoms with Gasteiger partial charge in [0.25, 0.3) is 11.9 Å². The van der Waals surface area contributed by atoms with Crippen LogP contribution < -0.4 is 11.1 Å². The second kappa shape index (κ2) is 12.2. The number of nitrogens with two attached hydrogens (primary N) is 1. The number of carbonyl (C=O) groups is 3. The highest BCUT2D eigenvalue weighted by Crippen LogP contribution is 2.25. The number of hydrogen-bond donors (Lipinski definition) is 6. The maximum Gasteiger partial charge on any atom is 0.317 e. The van der Waals surface area contributed by atoms with Gasteiger partial charge in [-0.15, -0.1) is 0 Å². The molecule has 2 aromatic heterocycles. The number of aliphatic carboxylic acids is 2. The number of fused-ring (bicyclic) bond motifs is 3. The monoisotopic (exact) mass is 435 g/mol. The van der Waals surface area contributed by atoms with Crippen LogP contribution >= 0.6 is 0 Å². The van der Waals surface area contributed by atoms with Crippen molar-refractivity contribution in [2.45, 2.75) is 19.6 Å². The summed E-state index contributed by atoms with van der Waals surface area (Å²) in [6.07, 6.45) is 0.593. The summed E-state index contributed by atoms with van der Waals surface area (Å²) < 4.78 is 1.69. The van der Waals surface area contributed by atoms with E-state index in [1.165, 1.54) is 6.33 Å². The van der Waals surface area contributed by atoms with Crippen molar-refractivity contribution in [3.8, 4) is 0 Å². The number of benzene rings is 1. The summed E-state index contributed by atoms with van der Waals surface area (Å²) in [5, 5.41) is 37.2. The zero-order chi connectivity index (χ0) is 23.6. The van der Waals surface area contributed by atoms with Gasteiger partial charge < -0.3 is 36.0 Å². The molecule has 3 rings (SSSR count). The van der Waals surface area contributed by atoms with Gasteiger partial charge in [0.05, 0.1) is 43.2 Å². The molecule has 0 radical (unpaired) electrons. The number of carboxylic acid groups (broad SMARTS) is 2. The van der Waals surface area contributed by atoms with E-state index in [2.05, 4.69) is 15.3 Å². The molecule has 31 heavy (non-hydrogen) atoms. The molecule has 1 aromatic carbocycles. The Labute approximate surface area is 177 Å². The molecule has 1 amide bonds. The fourth-order valence-electron chi connectivity index (χ4n) is 2.53. The van der Waals surface area contributed by atoms with Crippen LogP contribution in [0.1, 0.15) is 17.4 Å². The summed E-state index contributed by atoms with van der Waals surface area (Å²) in [5.74, 6) is -2.31. The molecule has 2 heterocycles. The van der Waals surface area contributed by atoms with Crippen molar-refractivity contribution in [2.24, 2.45) is 5.73 Å². The van der Waals surface area contributed by atoms with E-state index in [-0.39, 0.29) is 25.4 Å².